The molecule has 5 nitrogen and oxygen atoms in total. The SMILES string of the molecule is COc1ccc2c(CN3CCN(c4ccccc4)CC3)cc(=O)oc2c1. The Morgan fingerprint density at radius 1 is 1.00 bits per heavy atom. The van der Waals surface area contributed by atoms with Crippen LogP contribution in [-0.2, 0) is 6.54 Å². The van der Waals surface area contributed by atoms with Gasteiger partial charge in [-0.2, -0.15) is 0 Å². The highest BCUT2D eigenvalue weighted by molar-refractivity contribution is 5.81. The molecule has 1 aliphatic rings. The Kier molecular flexibility index (Phi) is 4.63. The van der Waals surface area contributed by atoms with E-state index in [9.17, 15) is 4.79 Å². The van der Waals surface area contributed by atoms with E-state index in [0.717, 1.165) is 43.7 Å². The van der Waals surface area contributed by atoms with E-state index >= 15 is 0 Å². The van der Waals surface area contributed by atoms with Gasteiger partial charge in [0.25, 0.3) is 0 Å². The number of para-hydroxylation sites is 1. The predicted octanol–water partition coefficient (Wildman–Crippen LogP) is 3.12. The van der Waals surface area contributed by atoms with E-state index in [-0.39, 0.29) is 5.63 Å². The lowest BCUT2D eigenvalue weighted by Gasteiger charge is -2.36. The molecule has 0 amide bonds. The van der Waals surface area contributed by atoms with Crippen molar-refractivity contribution in [1.82, 2.24) is 4.90 Å². The molecule has 0 bridgehead atoms. The third-order valence-electron chi connectivity index (χ3n) is 4.92. The standard InChI is InChI=1S/C21H22N2O3/c1-25-18-7-8-19-16(13-21(24)26-20(19)14-18)15-22-9-11-23(12-10-22)17-5-3-2-4-6-17/h2-8,13-14H,9-12,15H2,1H3. The van der Waals surface area contributed by atoms with Crippen LogP contribution in [0.5, 0.6) is 5.75 Å². The maximum Gasteiger partial charge on any atom is 0.336 e. The first-order chi connectivity index (χ1) is 12.7. The second-order valence-corrected chi connectivity index (χ2v) is 6.55. The number of hydrogen-bond acceptors (Lipinski definition) is 5. The lowest BCUT2D eigenvalue weighted by molar-refractivity contribution is 0.250. The van der Waals surface area contributed by atoms with Gasteiger partial charge >= 0.3 is 5.63 Å². The summed E-state index contributed by atoms with van der Waals surface area (Å²) in [5, 5.41) is 0.968. The van der Waals surface area contributed by atoms with Gasteiger partial charge in [0.05, 0.1) is 7.11 Å². The lowest BCUT2D eigenvalue weighted by atomic mass is 10.1. The van der Waals surface area contributed by atoms with Crippen molar-refractivity contribution in [3.05, 3.63) is 70.6 Å². The summed E-state index contributed by atoms with van der Waals surface area (Å²) in [6.07, 6.45) is 0. The average Bonchev–Trinajstić information content (AvgIpc) is 2.68. The molecule has 0 aliphatic carbocycles. The van der Waals surface area contributed by atoms with Crippen LogP contribution in [-0.4, -0.2) is 38.2 Å². The third-order valence-corrected chi connectivity index (χ3v) is 4.92. The van der Waals surface area contributed by atoms with Crippen LogP contribution in [0.25, 0.3) is 11.0 Å². The second kappa shape index (κ2) is 7.22. The Bertz CT molecular complexity index is 944. The highest BCUT2D eigenvalue weighted by Crippen LogP contribution is 2.24. The maximum absolute atomic E-state index is 11.9. The summed E-state index contributed by atoms with van der Waals surface area (Å²) >= 11 is 0. The van der Waals surface area contributed by atoms with Crippen molar-refractivity contribution in [3.63, 3.8) is 0 Å². The van der Waals surface area contributed by atoms with Crippen LogP contribution in [0.4, 0.5) is 5.69 Å². The molecule has 2 aromatic carbocycles. The van der Waals surface area contributed by atoms with Crippen LogP contribution in [0, 0.1) is 0 Å². The number of benzene rings is 2. The molecule has 1 aromatic heterocycles. The van der Waals surface area contributed by atoms with Crippen LogP contribution in [0.1, 0.15) is 5.56 Å². The van der Waals surface area contributed by atoms with Crippen LogP contribution in [0.2, 0.25) is 0 Å². The molecule has 4 rings (SSSR count). The first-order valence-electron chi connectivity index (χ1n) is 8.86. The van der Waals surface area contributed by atoms with Crippen molar-refractivity contribution in [2.24, 2.45) is 0 Å². The lowest BCUT2D eigenvalue weighted by Crippen LogP contribution is -2.46. The number of fused-ring (bicyclic) bond motifs is 1. The summed E-state index contributed by atoms with van der Waals surface area (Å²) in [6, 6.07) is 17.7. The Hall–Kier alpha value is -2.79. The van der Waals surface area contributed by atoms with Crippen LogP contribution in [0.3, 0.4) is 0 Å². The minimum Gasteiger partial charge on any atom is -0.497 e. The van der Waals surface area contributed by atoms with E-state index in [0.29, 0.717) is 11.3 Å². The Labute approximate surface area is 152 Å². The van der Waals surface area contributed by atoms with Gasteiger partial charge in [0.2, 0.25) is 0 Å². The Balaban J connectivity index is 1.51. The van der Waals surface area contributed by atoms with Crippen molar-refractivity contribution < 1.29 is 9.15 Å². The van der Waals surface area contributed by atoms with Gasteiger partial charge in [-0.15, -0.1) is 0 Å². The zero-order chi connectivity index (χ0) is 17.9. The van der Waals surface area contributed by atoms with Crippen molar-refractivity contribution in [2.45, 2.75) is 6.54 Å². The van der Waals surface area contributed by atoms with Gasteiger partial charge < -0.3 is 14.1 Å². The van der Waals surface area contributed by atoms with Crippen LogP contribution >= 0.6 is 0 Å². The van der Waals surface area contributed by atoms with Crippen molar-refractivity contribution in [1.29, 1.82) is 0 Å². The fourth-order valence-electron chi connectivity index (χ4n) is 3.51. The molecule has 2 heterocycles. The molecule has 0 spiro atoms. The number of piperazine rings is 1. The van der Waals surface area contributed by atoms with E-state index in [1.807, 2.05) is 18.2 Å². The molecule has 1 saturated heterocycles. The minimum atomic E-state index is -0.316. The fraction of sp³-hybridized carbons (Fsp3) is 0.286. The van der Waals surface area contributed by atoms with Gasteiger partial charge in [-0.1, -0.05) is 18.2 Å². The van der Waals surface area contributed by atoms with Crippen LogP contribution in [0.15, 0.2) is 63.8 Å². The van der Waals surface area contributed by atoms with Gasteiger partial charge in [-0.3, -0.25) is 4.90 Å². The number of hydrogen-bond donors (Lipinski definition) is 0. The molecule has 1 fully saturated rings. The van der Waals surface area contributed by atoms with Crippen molar-refractivity contribution in [3.8, 4) is 5.75 Å². The molecular formula is C21H22N2O3. The molecule has 134 valence electrons. The molecular weight excluding hydrogens is 328 g/mol. The third kappa shape index (κ3) is 3.44. The summed E-state index contributed by atoms with van der Waals surface area (Å²) in [5.41, 5.74) is 2.54. The van der Waals surface area contributed by atoms with Crippen molar-refractivity contribution >= 4 is 16.7 Å². The quantitative estimate of drug-likeness (QED) is 0.677. The van der Waals surface area contributed by atoms with E-state index in [4.69, 9.17) is 9.15 Å². The molecule has 26 heavy (non-hydrogen) atoms. The minimum absolute atomic E-state index is 0.316. The zero-order valence-corrected chi connectivity index (χ0v) is 14.9. The summed E-state index contributed by atoms with van der Waals surface area (Å²) in [4.78, 5) is 16.7. The molecule has 0 atom stereocenters. The summed E-state index contributed by atoms with van der Waals surface area (Å²) in [6.45, 7) is 4.64. The first-order valence-corrected chi connectivity index (χ1v) is 8.86. The summed E-state index contributed by atoms with van der Waals surface area (Å²) in [5.74, 6) is 0.689. The molecule has 0 N–H and O–H groups in total. The molecule has 0 radical (unpaired) electrons. The van der Waals surface area contributed by atoms with E-state index < -0.39 is 0 Å². The molecule has 1 aliphatic heterocycles. The Morgan fingerprint density at radius 3 is 2.50 bits per heavy atom. The monoisotopic (exact) mass is 350 g/mol. The van der Waals surface area contributed by atoms with Gasteiger partial charge in [0.1, 0.15) is 11.3 Å². The first kappa shape index (κ1) is 16.7. The fourth-order valence-corrected chi connectivity index (χ4v) is 3.51. The Morgan fingerprint density at radius 2 is 1.77 bits per heavy atom. The smallest absolute Gasteiger partial charge is 0.336 e. The topological polar surface area (TPSA) is 45.9 Å². The van der Waals surface area contributed by atoms with E-state index in [1.54, 1.807) is 19.2 Å². The highest BCUT2D eigenvalue weighted by atomic mass is 16.5. The average molecular weight is 350 g/mol. The number of rotatable bonds is 4. The number of anilines is 1. The summed E-state index contributed by atoms with van der Waals surface area (Å²) in [7, 11) is 1.61. The van der Waals surface area contributed by atoms with Crippen molar-refractivity contribution in [2.75, 3.05) is 38.2 Å². The van der Waals surface area contributed by atoms with E-state index in [1.165, 1.54) is 5.69 Å². The molecule has 5 heteroatoms. The van der Waals surface area contributed by atoms with Gasteiger partial charge in [-0.25, -0.2) is 4.79 Å². The summed E-state index contributed by atoms with van der Waals surface area (Å²) < 4.78 is 10.6. The highest BCUT2D eigenvalue weighted by Gasteiger charge is 2.18. The van der Waals surface area contributed by atoms with Crippen LogP contribution < -0.4 is 15.3 Å². The number of methoxy groups -OCH3 is 1. The molecule has 0 unspecified atom stereocenters. The zero-order valence-electron chi connectivity index (χ0n) is 14.9. The number of ether oxygens (including phenoxy) is 1. The van der Waals surface area contributed by atoms with E-state index in [2.05, 4.69) is 34.1 Å². The largest absolute Gasteiger partial charge is 0.497 e. The molecule has 3 aromatic rings. The number of nitrogens with zero attached hydrogens (tertiary/aromatic N) is 2. The van der Waals surface area contributed by atoms with Gasteiger partial charge in [0.15, 0.2) is 0 Å². The van der Waals surface area contributed by atoms with Gasteiger partial charge in [0, 0.05) is 55.9 Å². The van der Waals surface area contributed by atoms with Gasteiger partial charge in [-0.05, 0) is 29.8 Å². The maximum atomic E-state index is 11.9. The second-order valence-electron chi connectivity index (χ2n) is 6.55. The normalized spacial score (nSPS) is 15.3. The predicted molar refractivity (Wildman–Crippen MR) is 103 cm³/mol. The molecule has 0 saturated carbocycles.